The molecule has 0 saturated heterocycles. The molecule has 0 aliphatic carbocycles. The SMILES string of the molecule is CNC(C)c1cc(F)ccc1N(C)CC(O)COC. The number of hydrogen-bond acceptors (Lipinski definition) is 4. The third-order valence-electron chi connectivity index (χ3n) is 3.14. The van der Waals surface area contributed by atoms with Gasteiger partial charge >= 0.3 is 0 Å². The lowest BCUT2D eigenvalue weighted by Crippen LogP contribution is -2.33. The summed E-state index contributed by atoms with van der Waals surface area (Å²) in [5.41, 5.74) is 1.77. The van der Waals surface area contributed by atoms with Crippen LogP contribution in [0.3, 0.4) is 0 Å². The molecule has 19 heavy (non-hydrogen) atoms. The smallest absolute Gasteiger partial charge is 0.123 e. The van der Waals surface area contributed by atoms with Gasteiger partial charge in [-0.15, -0.1) is 0 Å². The maximum Gasteiger partial charge on any atom is 0.123 e. The Morgan fingerprint density at radius 1 is 1.47 bits per heavy atom. The van der Waals surface area contributed by atoms with Crippen LogP contribution in [0.2, 0.25) is 0 Å². The van der Waals surface area contributed by atoms with Crippen LogP contribution in [-0.4, -0.2) is 45.6 Å². The third kappa shape index (κ3) is 4.45. The van der Waals surface area contributed by atoms with E-state index < -0.39 is 6.10 Å². The van der Waals surface area contributed by atoms with Crippen molar-refractivity contribution in [1.82, 2.24) is 5.32 Å². The summed E-state index contributed by atoms with van der Waals surface area (Å²) in [4.78, 5) is 1.91. The lowest BCUT2D eigenvalue weighted by atomic mass is 10.0. The van der Waals surface area contributed by atoms with Gasteiger partial charge in [0.1, 0.15) is 5.82 Å². The van der Waals surface area contributed by atoms with Crippen LogP contribution < -0.4 is 10.2 Å². The minimum absolute atomic E-state index is 0.0349. The van der Waals surface area contributed by atoms with E-state index in [9.17, 15) is 9.50 Å². The van der Waals surface area contributed by atoms with E-state index in [0.717, 1.165) is 11.3 Å². The normalized spacial score (nSPS) is 14.2. The highest BCUT2D eigenvalue weighted by atomic mass is 19.1. The first-order valence-electron chi connectivity index (χ1n) is 6.34. The predicted octanol–water partition coefficient (Wildman–Crippen LogP) is 1.55. The lowest BCUT2D eigenvalue weighted by molar-refractivity contribution is 0.0695. The third-order valence-corrected chi connectivity index (χ3v) is 3.14. The molecule has 0 aromatic heterocycles. The molecular formula is C14H23FN2O2. The van der Waals surface area contributed by atoms with Crippen LogP contribution in [0.4, 0.5) is 10.1 Å². The average molecular weight is 270 g/mol. The Bertz CT molecular complexity index is 401. The highest BCUT2D eigenvalue weighted by Crippen LogP contribution is 2.26. The van der Waals surface area contributed by atoms with Gasteiger partial charge < -0.3 is 20.1 Å². The fraction of sp³-hybridized carbons (Fsp3) is 0.571. The number of likely N-dealkylation sites (N-methyl/N-ethyl adjacent to an activating group) is 1. The number of anilines is 1. The van der Waals surface area contributed by atoms with Crippen LogP contribution in [-0.2, 0) is 4.74 Å². The second-order valence-electron chi connectivity index (χ2n) is 4.70. The van der Waals surface area contributed by atoms with Crippen molar-refractivity contribution in [1.29, 1.82) is 0 Å². The van der Waals surface area contributed by atoms with Gasteiger partial charge in [-0.3, -0.25) is 0 Å². The summed E-state index contributed by atoms with van der Waals surface area (Å²) in [5, 5.41) is 12.9. The van der Waals surface area contributed by atoms with Gasteiger partial charge in [0.2, 0.25) is 0 Å². The lowest BCUT2D eigenvalue weighted by Gasteiger charge is -2.27. The molecule has 5 heteroatoms. The van der Waals surface area contributed by atoms with E-state index in [2.05, 4.69) is 5.32 Å². The molecule has 0 radical (unpaired) electrons. The molecule has 4 nitrogen and oxygen atoms in total. The molecule has 1 aromatic carbocycles. The molecule has 0 fully saturated rings. The minimum atomic E-state index is -0.571. The molecule has 0 saturated carbocycles. The molecule has 2 unspecified atom stereocenters. The van der Waals surface area contributed by atoms with Crippen LogP contribution in [0.25, 0.3) is 0 Å². The van der Waals surface area contributed by atoms with Crippen LogP contribution in [0.15, 0.2) is 18.2 Å². The van der Waals surface area contributed by atoms with Crippen molar-refractivity contribution in [3.05, 3.63) is 29.6 Å². The van der Waals surface area contributed by atoms with Gasteiger partial charge in [-0.05, 0) is 37.7 Å². The number of nitrogens with one attached hydrogen (secondary N) is 1. The molecule has 108 valence electrons. The molecular weight excluding hydrogens is 247 g/mol. The zero-order valence-corrected chi connectivity index (χ0v) is 12.0. The number of nitrogens with zero attached hydrogens (tertiary/aromatic N) is 1. The summed E-state index contributed by atoms with van der Waals surface area (Å²) in [6, 6.07) is 4.72. The average Bonchev–Trinajstić information content (AvgIpc) is 2.37. The van der Waals surface area contributed by atoms with Crippen molar-refractivity contribution < 1.29 is 14.2 Å². The Hall–Kier alpha value is -1.17. The van der Waals surface area contributed by atoms with E-state index >= 15 is 0 Å². The standard InChI is InChI=1S/C14H23FN2O2/c1-10(16-2)13-7-11(15)5-6-14(13)17(3)8-12(18)9-19-4/h5-7,10,12,16,18H,8-9H2,1-4H3. The summed E-state index contributed by atoms with van der Waals surface area (Å²) >= 11 is 0. The Morgan fingerprint density at radius 2 is 2.16 bits per heavy atom. The number of benzene rings is 1. The maximum atomic E-state index is 13.4. The predicted molar refractivity (Wildman–Crippen MR) is 75.0 cm³/mol. The van der Waals surface area contributed by atoms with Crippen molar-refractivity contribution in [2.45, 2.75) is 19.1 Å². The second-order valence-corrected chi connectivity index (χ2v) is 4.70. The van der Waals surface area contributed by atoms with E-state index in [0.29, 0.717) is 6.54 Å². The molecule has 0 amide bonds. The molecule has 0 bridgehead atoms. The molecule has 2 N–H and O–H groups in total. The van der Waals surface area contributed by atoms with Gasteiger partial charge in [-0.25, -0.2) is 4.39 Å². The van der Waals surface area contributed by atoms with Crippen molar-refractivity contribution in [2.24, 2.45) is 0 Å². The number of aliphatic hydroxyl groups is 1. The Balaban J connectivity index is 2.92. The Labute approximate surface area is 114 Å². The largest absolute Gasteiger partial charge is 0.389 e. The van der Waals surface area contributed by atoms with Gasteiger partial charge in [0, 0.05) is 32.4 Å². The fourth-order valence-electron chi connectivity index (χ4n) is 2.03. The van der Waals surface area contributed by atoms with E-state index in [4.69, 9.17) is 4.74 Å². The summed E-state index contributed by atoms with van der Waals surface area (Å²) in [7, 11) is 5.26. The topological polar surface area (TPSA) is 44.7 Å². The number of aliphatic hydroxyl groups excluding tert-OH is 1. The highest BCUT2D eigenvalue weighted by molar-refractivity contribution is 5.54. The minimum Gasteiger partial charge on any atom is -0.389 e. The van der Waals surface area contributed by atoms with Crippen LogP contribution in [0.5, 0.6) is 0 Å². The summed E-state index contributed by atoms with van der Waals surface area (Å²) in [5.74, 6) is -0.258. The Morgan fingerprint density at radius 3 is 2.74 bits per heavy atom. The molecule has 0 heterocycles. The van der Waals surface area contributed by atoms with Crippen LogP contribution >= 0.6 is 0 Å². The number of methoxy groups -OCH3 is 1. The molecule has 2 atom stereocenters. The molecule has 0 spiro atoms. The van der Waals surface area contributed by atoms with E-state index in [1.807, 2.05) is 25.9 Å². The van der Waals surface area contributed by atoms with Crippen LogP contribution in [0, 0.1) is 5.82 Å². The van der Waals surface area contributed by atoms with Crippen LogP contribution in [0.1, 0.15) is 18.5 Å². The summed E-state index contributed by atoms with van der Waals surface area (Å²) in [6.07, 6.45) is -0.571. The Kier molecular flexibility index (Phi) is 6.21. The number of hydrogen-bond donors (Lipinski definition) is 2. The van der Waals surface area contributed by atoms with Crippen molar-refractivity contribution >= 4 is 5.69 Å². The van der Waals surface area contributed by atoms with Crippen molar-refractivity contribution in [2.75, 3.05) is 39.3 Å². The van der Waals surface area contributed by atoms with E-state index in [1.54, 1.807) is 13.2 Å². The van der Waals surface area contributed by atoms with Gasteiger partial charge in [0.25, 0.3) is 0 Å². The zero-order valence-electron chi connectivity index (χ0n) is 12.0. The summed E-state index contributed by atoms with van der Waals surface area (Å²) < 4.78 is 18.3. The highest BCUT2D eigenvalue weighted by Gasteiger charge is 2.15. The summed E-state index contributed by atoms with van der Waals surface area (Å²) in [6.45, 7) is 2.68. The van der Waals surface area contributed by atoms with Crippen molar-refractivity contribution in [3.63, 3.8) is 0 Å². The number of ether oxygens (including phenoxy) is 1. The van der Waals surface area contributed by atoms with Gasteiger partial charge in [-0.1, -0.05) is 0 Å². The number of rotatable bonds is 7. The zero-order chi connectivity index (χ0) is 14.4. The first-order chi connectivity index (χ1) is 8.99. The van der Waals surface area contributed by atoms with Gasteiger partial charge in [-0.2, -0.15) is 0 Å². The number of halogens is 1. The molecule has 1 rings (SSSR count). The van der Waals surface area contributed by atoms with E-state index in [-0.39, 0.29) is 18.5 Å². The van der Waals surface area contributed by atoms with E-state index in [1.165, 1.54) is 12.1 Å². The fourth-order valence-corrected chi connectivity index (χ4v) is 2.03. The molecule has 0 aliphatic rings. The monoisotopic (exact) mass is 270 g/mol. The maximum absolute atomic E-state index is 13.4. The van der Waals surface area contributed by atoms with Crippen molar-refractivity contribution in [3.8, 4) is 0 Å². The van der Waals surface area contributed by atoms with Gasteiger partial charge in [0.05, 0.1) is 12.7 Å². The molecule has 0 aliphatic heterocycles. The quantitative estimate of drug-likeness (QED) is 0.789. The first-order valence-corrected chi connectivity index (χ1v) is 6.34. The van der Waals surface area contributed by atoms with Gasteiger partial charge in [0.15, 0.2) is 0 Å². The second kappa shape index (κ2) is 7.43. The first kappa shape index (κ1) is 15.9. The molecule has 1 aromatic rings.